The van der Waals surface area contributed by atoms with E-state index in [9.17, 15) is 0 Å². The van der Waals surface area contributed by atoms with Crippen LogP contribution in [-0.2, 0) is 10.8 Å². The van der Waals surface area contributed by atoms with Gasteiger partial charge in [0.1, 0.15) is 11.2 Å². The topological polar surface area (TPSA) is 16.4 Å². The molecular formula is C62H45NO. The maximum atomic E-state index is 6.53. The first kappa shape index (κ1) is 36.9. The zero-order valence-electron chi connectivity index (χ0n) is 36.0. The third kappa shape index (κ3) is 5.20. The smallest absolute Gasteiger partial charge is 0.136 e. The molecule has 304 valence electrons. The van der Waals surface area contributed by atoms with Crippen LogP contribution in [0.5, 0.6) is 0 Å². The summed E-state index contributed by atoms with van der Waals surface area (Å²) in [5, 5.41) is 4.64. The number of allylic oxidation sites excluding steroid dienone is 4. The maximum Gasteiger partial charge on any atom is 0.136 e. The van der Waals surface area contributed by atoms with E-state index in [1.54, 1.807) is 0 Å². The molecule has 2 heteroatoms. The summed E-state index contributed by atoms with van der Waals surface area (Å²) >= 11 is 0. The number of fused-ring (bicyclic) bond motifs is 10. The molecule has 0 saturated carbocycles. The highest BCUT2D eigenvalue weighted by Crippen LogP contribution is 2.60. The molecule has 0 amide bonds. The second-order valence-corrected chi connectivity index (χ2v) is 18.3. The first-order chi connectivity index (χ1) is 31.5. The summed E-state index contributed by atoms with van der Waals surface area (Å²) in [4.78, 5) is 2.56. The zero-order chi connectivity index (χ0) is 42.6. The molecule has 9 aromatic carbocycles. The summed E-state index contributed by atoms with van der Waals surface area (Å²) in [6, 6.07) is 72.2. The lowest BCUT2D eigenvalue weighted by atomic mass is 9.66. The Bertz CT molecular complexity index is 3600. The molecule has 0 N–H and O–H groups in total. The second-order valence-electron chi connectivity index (χ2n) is 18.3. The SMILES string of the molecule is CC1(C)c2ccccc2-c2c(N(c3ccc4c(c3)C(C3=CCCC=C3)(c3ccccc3)c3ccccc3-4)c3ccccc3-c3ccc4oc5cc6ccccc6cc5c4c3)cccc21. The van der Waals surface area contributed by atoms with Gasteiger partial charge in [0, 0.05) is 33.0 Å². The Morgan fingerprint density at radius 3 is 1.97 bits per heavy atom. The van der Waals surface area contributed by atoms with Gasteiger partial charge in [-0.15, -0.1) is 0 Å². The maximum absolute atomic E-state index is 6.53. The van der Waals surface area contributed by atoms with E-state index in [1.807, 2.05) is 0 Å². The van der Waals surface area contributed by atoms with Crippen molar-refractivity contribution in [2.45, 2.75) is 37.5 Å². The van der Waals surface area contributed by atoms with Gasteiger partial charge in [-0.3, -0.25) is 0 Å². The van der Waals surface area contributed by atoms with E-state index >= 15 is 0 Å². The lowest BCUT2D eigenvalue weighted by molar-refractivity contribution is 0.660. The number of rotatable bonds is 6. The van der Waals surface area contributed by atoms with Crippen LogP contribution in [0, 0.1) is 0 Å². The molecular weight excluding hydrogens is 775 g/mol. The summed E-state index contributed by atoms with van der Waals surface area (Å²) < 4.78 is 6.53. The first-order valence-electron chi connectivity index (χ1n) is 22.7. The van der Waals surface area contributed by atoms with E-state index < -0.39 is 5.41 Å². The highest BCUT2D eigenvalue weighted by Gasteiger charge is 2.47. The average Bonchev–Trinajstić information content (AvgIpc) is 3.94. The Labute approximate surface area is 374 Å². The summed E-state index contributed by atoms with van der Waals surface area (Å²) in [5.74, 6) is 0. The van der Waals surface area contributed by atoms with Crippen LogP contribution in [0.1, 0.15) is 54.5 Å². The molecule has 64 heavy (non-hydrogen) atoms. The summed E-state index contributed by atoms with van der Waals surface area (Å²) in [6.45, 7) is 4.75. The number of furan rings is 1. The monoisotopic (exact) mass is 819 g/mol. The highest BCUT2D eigenvalue weighted by molar-refractivity contribution is 6.11. The number of para-hydroxylation sites is 1. The fourth-order valence-corrected chi connectivity index (χ4v) is 11.6. The van der Waals surface area contributed by atoms with Gasteiger partial charge in [-0.2, -0.15) is 0 Å². The Kier molecular flexibility index (Phi) is 8.03. The van der Waals surface area contributed by atoms with E-state index in [0.29, 0.717) is 0 Å². The molecule has 0 spiro atoms. The van der Waals surface area contributed by atoms with E-state index in [4.69, 9.17) is 4.42 Å². The van der Waals surface area contributed by atoms with E-state index in [1.165, 1.54) is 72.1 Å². The zero-order valence-corrected chi connectivity index (χ0v) is 36.0. The summed E-state index contributed by atoms with van der Waals surface area (Å²) in [7, 11) is 0. The van der Waals surface area contributed by atoms with E-state index in [2.05, 4.69) is 231 Å². The van der Waals surface area contributed by atoms with Gasteiger partial charge in [0.2, 0.25) is 0 Å². The molecule has 1 atom stereocenters. The van der Waals surface area contributed by atoms with Crippen LogP contribution in [0.25, 0.3) is 66.1 Å². The second kappa shape index (κ2) is 13.9. The quantitative estimate of drug-likeness (QED) is 0.166. The molecule has 0 fully saturated rings. The lowest BCUT2D eigenvalue weighted by Crippen LogP contribution is -2.29. The minimum Gasteiger partial charge on any atom is -0.456 e. The standard InChI is InChI=1S/C62H45NO/c1-61(2)52-27-14-12-26-49(52)60-54(61)29-17-31-57(60)63(56-30-16-13-24-46(56)42-32-35-58-50(37-42)51-36-40-18-9-10-19-41(40)38-59(51)64-58)45-33-34-48-47-25-11-15-28-53(47)62(55(48)39-45,43-20-5-3-6-21-43)44-22-7-4-8-23-44/h3,5-7,9-39H,4,8H2,1-2H3. The minimum absolute atomic E-state index is 0.160. The molecule has 1 aromatic heterocycles. The number of benzene rings is 9. The number of hydrogen-bond donors (Lipinski definition) is 0. The molecule has 1 heterocycles. The van der Waals surface area contributed by atoms with Crippen molar-refractivity contribution in [2.75, 3.05) is 4.90 Å². The van der Waals surface area contributed by atoms with E-state index in [0.717, 1.165) is 57.3 Å². The van der Waals surface area contributed by atoms with Gasteiger partial charge in [0.15, 0.2) is 0 Å². The lowest BCUT2D eigenvalue weighted by Gasteiger charge is -2.37. The van der Waals surface area contributed by atoms with Crippen molar-refractivity contribution in [3.63, 3.8) is 0 Å². The van der Waals surface area contributed by atoms with Gasteiger partial charge < -0.3 is 9.32 Å². The molecule has 0 aliphatic heterocycles. The molecule has 2 nitrogen and oxygen atoms in total. The van der Waals surface area contributed by atoms with Crippen molar-refractivity contribution < 1.29 is 4.42 Å². The molecule has 13 rings (SSSR count). The Morgan fingerprint density at radius 2 is 1.14 bits per heavy atom. The third-order valence-electron chi connectivity index (χ3n) is 14.5. The van der Waals surface area contributed by atoms with Crippen molar-refractivity contribution in [3.8, 4) is 33.4 Å². The van der Waals surface area contributed by atoms with Crippen LogP contribution in [0.3, 0.4) is 0 Å². The Hall–Kier alpha value is -7.68. The van der Waals surface area contributed by atoms with Crippen molar-refractivity contribution in [3.05, 3.63) is 246 Å². The van der Waals surface area contributed by atoms with Crippen molar-refractivity contribution in [1.82, 2.24) is 0 Å². The minimum atomic E-state index is -0.490. The molecule has 3 aliphatic rings. The van der Waals surface area contributed by atoms with Crippen LogP contribution >= 0.6 is 0 Å². The normalized spacial score (nSPS) is 16.7. The Balaban J connectivity index is 1.09. The third-order valence-corrected chi connectivity index (χ3v) is 14.5. The summed E-state index contributed by atoms with van der Waals surface area (Å²) in [6.07, 6.45) is 9.32. The van der Waals surface area contributed by atoms with Crippen LogP contribution in [0.2, 0.25) is 0 Å². The highest BCUT2D eigenvalue weighted by atomic mass is 16.3. The fourth-order valence-electron chi connectivity index (χ4n) is 11.6. The van der Waals surface area contributed by atoms with Crippen LogP contribution < -0.4 is 4.90 Å². The van der Waals surface area contributed by atoms with Gasteiger partial charge in [-0.1, -0.05) is 178 Å². The molecule has 0 bridgehead atoms. The van der Waals surface area contributed by atoms with Gasteiger partial charge in [0.05, 0.1) is 16.8 Å². The van der Waals surface area contributed by atoms with Crippen LogP contribution in [0.4, 0.5) is 17.1 Å². The molecule has 0 saturated heterocycles. The molecule has 3 aliphatic carbocycles. The number of anilines is 3. The first-order valence-corrected chi connectivity index (χ1v) is 22.7. The summed E-state index contributed by atoms with van der Waals surface area (Å²) in [5.41, 5.74) is 20.0. The average molecular weight is 820 g/mol. The van der Waals surface area contributed by atoms with Crippen LogP contribution in [0.15, 0.2) is 222 Å². The van der Waals surface area contributed by atoms with Gasteiger partial charge in [0.25, 0.3) is 0 Å². The number of hydrogen-bond acceptors (Lipinski definition) is 2. The molecule has 0 radical (unpaired) electrons. The number of nitrogens with zero attached hydrogens (tertiary/aromatic N) is 1. The van der Waals surface area contributed by atoms with Crippen molar-refractivity contribution in [2.24, 2.45) is 0 Å². The van der Waals surface area contributed by atoms with Gasteiger partial charge in [-0.25, -0.2) is 0 Å². The van der Waals surface area contributed by atoms with E-state index in [-0.39, 0.29) is 5.41 Å². The van der Waals surface area contributed by atoms with Crippen LogP contribution in [-0.4, -0.2) is 0 Å². The molecule has 10 aromatic rings. The Morgan fingerprint density at radius 1 is 0.469 bits per heavy atom. The van der Waals surface area contributed by atoms with Crippen molar-refractivity contribution in [1.29, 1.82) is 0 Å². The predicted octanol–water partition coefficient (Wildman–Crippen LogP) is 16.8. The molecule has 1 unspecified atom stereocenters. The fraction of sp³-hybridized carbons (Fsp3) is 0.0968. The largest absolute Gasteiger partial charge is 0.456 e. The predicted molar refractivity (Wildman–Crippen MR) is 267 cm³/mol. The van der Waals surface area contributed by atoms with Gasteiger partial charge >= 0.3 is 0 Å². The van der Waals surface area contributed by atoms with Gasteiger partial charge in [-0.05, 0) is 128 Å². The van der Waals surface area contributed by atoms with Crippen molar-refractivity contribution >= 4 is 49.8 Å².